The third-order valence-electron chi connectivity index (χ3n) is 9.16. The first-order chi connectivity index (χ1) is 11.4. The van der Waals surface area contributed by atoms with Gasteiger partial charge >= 0.3 is 0 Å². The molecule has 4 rings (SSSR count). The van der Waals surface area contributed by atoms with Crippen molar-refractivity contribution in [2.24, 2.45) is 40.4 Å². The Labute approximate surface area is 148 Å². The number of hydrogen-bond donors (Lipinski definition) is 1. The van der Waals surface area contributed by atoms with Crippen molar-refractivity contribution in [2.75, 3.05) is 0 Å². The average molecular weight is 329 g/mol. The highest BCUT2D eigenvalue weighted by molar-refractivity contribution is 5.25. The van der Waals surface area contributed by atoms with Gasteiger partial charge in [0.1, 0.15) is 0 Å². The van der Waals surface area contributed by atoms with Crippen LogP contribution in [0.5, 0.6) is 0 Å². The molecule has 4 aliphatic carbocycles. The van der Waals surface area contributed by atoms with Crippen LogP contribution in [-0.4, -0.2) is 11.2 Å². The lowest BCUT2D eigenvalue weighted by Gasteiger charge is -2.58. The van der Waals surface area contributed by atoms with Gasteiger partial charge in [-0.2, -0.15) is 0 Å². The smallest absolute Gasteiger partial charge is 0.0577 e. The van der Waals surface area contributed by atoms with E-state index in [1.165, 1.54) is 38.5 Å². The van der Waals surface area contributed by atoms with E-state index in [-0.39, 0.29) is 6.10 Å². The molecule has 0 aliphatic heterocycles. The van der Waals surface area contributed by atoms with Crippen LogP contribution in [-0.2, 0) is 0 Å². The van der Waals surface area contributed by atoms with E-state index < -0.39 is 0 Å². The third-order valence-corrected chi connectivity index (χ3v) is 9.16. The summed E-state index contributed by atoms with van der Waals surface area (Å²) in [4.78, 5) is 0. The summed E-state index contributed by atoms with van der Waals surface area (Å²) in [5.74, 6) is 4.15. The molecule has 24 heavy (non-hydrogen) atoms. The van der Waals surface area contributed by atoms with Gasteiger partial charge in [-0.05, 0) is 91.8 Å². The molecule has 1 N–H and O–H groups in total. The van der Waals surface area contributed by atoms with Gasteiger partial charge in [0.15, 0.2) is 0 Å². The second kappa shape index (κ2) is 5.73. The van der Waals surface area contributed by atoms with Gasteiger partial charge < -0.3 is 5.11 Å². The summed E-state index contributed by atoms with van der Waals surface area (Å²) in [5.41, 5.74) is 2.51. The Balaban J connectivity index is 1.64. The van der Waals surface area contributed by atoms with Crippen molar-refractivity contribution in [3.8, 4) is 0 Å². The van der Waals surface area contributed by atoms with Crippen LogP contribution in [0.25, 0.3) is 0 Å². The molecule has 0 heterocycles. The van der Waals surface area contributed by atoms with Gasteiger partial charge in [-0.1, -0.05) is 38.5 Å². The summed E-state index contributed by atoms with van der Waals surface area (Å²) in [5, 5.41) is 10.1. The second-order valence-electron chi connectivity index (χ2n) is 9.98. The van der Waals surface area contributed by atoms with Gasteiger partial charge in [-0.15, -0.1) is 6.58 Å². The predicted octanol–water partition coefficient (Wildman–Crippen LogP) is 5.75. The fourth-order valence-corrected chi connectivity index (χ4v) is 7.71. The summed E-state index contributed by atoms with van der Waals surface area (Å²) >= 11 is 0. The number of rotatable bonds is 2. The molecular weight excluding hydrogens is 292 g/mol. The highest BCUT2D eigenvalue weighted by Gasteiger charge is 2.58. The van der Waals surface area contributed by atoms with Crippen molar-refractivity contribution >= 4 is 0 Å². The Morgan fingerprint density at radius 2 is 1.96 bits per heavy atom. The SMILES string of the molecule is C=CC(C)[C@H]1CC[C@H]2[C@@H]3CC=C4CC(O)CC[C@]4(C)[C@H]3CC[C@]12C. The first kappa shape index (κ1) is 16.9. The number of hydrogen-bond acceptors (Lipinski definition) is 1. The highest BCUT2D eigenvalue weighted by Crippen LogP contribution is 2.67. The Morgan fingerprint density at radius 3 is 2.71 bits per heavy atom. The van der Waals surface area contributed by atoms with Crippen molar-refractivity contribution in [1.29, 1.82) is 0 Å². The highest BCUT2D eigenvalue weighted by atomic mass is 16.3. The number of aliphatic hydroxyl groups excluding tert-OH is 1. The van der Waals surface area contributed by atoms with Crippen molar-refractivity contribution < 1.29 is 5.11 Å². The largest absolute Gasteiger partial charge is 0.393 e. The molecular formula is C23H36O. The predicted molar refractivity (Wildman–Crippen MR) is 101 cm³/mol. The lowest BCUT2D eigenvalue weighted by molar-refractivity contribution is -0.0540. The van der Waals surface area contributed by atoms with Crippen molar-refractivity contribution in [3.05, 3.63) is 24.3 Å². The number of fused-ring (bicyclic) bond motifs is 5. The molecule has 1 nitrogen and oxygen atoms in total. The summed E-state index contributed by atoms with van der Waals surface area (Å²) in [6.07, 6.45) is 14.8. The van der Waals surface area contributed by atoms with E-state index in [2.05, 4.69) is 39.5 Å². The van der Waals surface area contributed by atoms with Gasteiger partial charge in [0.05, 0.1) is 6.10 Å². The zero-order chi connectivity index (χ0) is 17.1. The maximum absolute atomic E-state index is 10.1. The summed E-state index contributed by atoms with van der Waals surface area (Å²) in [7, 11) is 0. The monoisotopic (exact) mass is 328 g/mol. The molecule has 0 amide bonds. The Kier molecular flexibility index (Phi) is 4.03. The van der Waals surface area contributed by atoms with Crippen LogP contribution in [0.4, 0.5) is 0 Å². The van der Waals surface area contributed by atoms with Crippen LogP contribution in [0, 0.1) is 40.4 Å². The summed E-state index contributed by atoms with van der Waals surface area (Å²) < 4.78 is 0. The van der Waals surface area contributed by atoms with Crippen molar-refractivity contribution in [2.45, 2.75) is 78.2 Å². The van der Waals surface area contributed by atoms with E-state index in [1.54, 1.807) is 5.57 Å². The third kappa shape index (κ3) is 2.23. The quantitative estimate of drug-likeness (QED) is 0.640. The standard InChI is InChI=1S/C23H36O/c1-5-15(2)19-8-9-20-18-7-6-16-14-17(24)10-12-22(16,3)21(18)11-13-23(19,20)4/h5-6,15,17-21,24H,1,7-14H2,2-4H3/t15?,17?,18-,19+,20-,21-,22-,23+/m0/s1. The van der Waals surface area contributed by atoms with Gasteiger partial charge in [0.25, 0.3) is 0 Å². The van der Waals surface area contributed by atoms with Crippen molar-refractivity contribution in [1.82, 2.24) is 0 Å². The van der Waals surface area contributed by atoms with E-state index in [9.17, 15) is 5.11 Å². The molecule has 0 aromatic carbocycles. The van der Waals surface area contributed by atoms with Gasteiger partial charge in [0, 0.05) is 0 Å². The summed E-state index contributed by atoms with van der Waals surface area (Å²) in [6.45, 7) is 11.6. The Bertz CT molecular complexity index is 548. The van der Waals surface area contributed by atoms with Crippen LogP contribution in [0.3, 0.4) is 0 Å². The van der Waals surface area contributed by atoms with E-state index in [1.807, 2.05) is 0 Å². The number of aliphatic hydroxyl groups is 1. The molecule has 3 fully saturated rings. The maximum atomic E-state index is 10.1. The molecule has 2 unspecified atom stereocenters. The molecule has 0 saturated heterocycles. The molecule has 0 bridgehead atoms. The zero-order valence-electron chi connectivity index (χ0n) is 15.9. The Morgan fingerprint density at radius 1 is 1.17 bits per heavy atom. The lowest BCUT2D eigenvalue weighted by atomic mass is 9.47. The first-order valence-electron chi connectivity index (χ1n) is 10.4. The molecule has 0 aromatic rings. The van der Waals surface area contributed by atoms with Crippen molar-refractivity contribution in [3.63, 3.8) is 0 Å². The van der Waals surface area contributed by atoms with E-state index in [4.69, 9.17) is 0 Å². The van der Waals surface area contributed by atoms with E-state index in [0.29, 0.717) is 16.7 Å². The molecule has 8 atom stereocenters. The minimum atomic E-state index is -0.0842. The molecule has 1 heteroatoms. The molecule has 134 valence electrons. The van der Waals surface area contributed by atoms with Crippen LogP contribution in [0.2, 0.25) is 0 Å². The fourth-order valence-electron chi connectivity index (χ4n) is 7.71. The summed E-state index contributed by atoms with van der Waals surface area (Å²) in [6, 6.07) is 0. The van der Waals surface area contributed by atoms with Crippen LogP contribution >= 0.6 is 0 Å². The normalized spacial score (nSPS) is 51.8. The maximum Gasteiger partial charge on any atom is 0.0577 e. The zero-order valence-corrected chi connectivity index (χ0v) is 15.9. The minimum absolute atomic E-state index is 0.0842. The topological polar surface area (TPSA) is 20.2 Å². The van der Waals surface area contributed by atoms with Gasteiger partial charge in [-0.3, -0.25) is 0 Å². The molecule has 0 spiro atoms. The fraction of sp³-hybridized carbons (Fsp3) is 0.826. The lowest BCUT2D eigenvalue weighted by Crippen LogP contribution is -2.50. The molecule has 4 aliphatic rings. The molecule has 0 radical (unpaired) electrons. The van der Waals surface area contributed by atoms with Gasteiger partial charge in [0.2, 0.25) is 0 Å². The van der Waals surface area contributed by atoms with Crippen LogP contribution < -0.4 is 0 Å². The number of allylic oxidation sites excluding steroid dienone is 2. The minimum Gasteiger partial charge on any atom is -0.393 e. The average Bonchev–Trinajstić information content (AvgIpc) is 2.92. The molecule has 0 aromatic heterocycles. The van der Waals surface area contributed by atoms with E-state index >= 15 is 0 Å². The second-order valence-corrected chi connectivity index (χ2v) is 9.98. The van der Waals surface area contributed by atoms with Gasteiger partial charge in [-0.25, -0.2) is 0 Å². The van der Waals surface area contributed by atoms with E-state index in [0.717, 1.165) is 36.5 Å². The van der Waals surface area contributed by atoms with Crippen LogP contribution in [0.1, 0.15) is 72.1 Å². The Hall–Kier alpha value is -0.560. The first-order valence-corrected chi connectivity index (χ1v) is 10.4. The molecule has 3 saturated carbocycles. The van der Waals surface area contributed by atoms with Crippen LogP contribution in [0.15, 0.2) is 24.3 Å².